The predicted molar refractivity (Wildman–Crippen MR) is 102 cm³/mol. The molecule has 3 aromatic rings. The first-order valence-electron chi connectivity index (χ1n) is 8.12. The summed E-state index contributed by atoms with van der Waals surface area (Å²) in [6.45, 7) is 1.66. The molecule has 0 aliphatic carbocycles. The van der Waals surface area contributed by atoms with Gasteiger partial charge in [-0.05, 0) is 55.5 Å². The Kier molecular flexibility index (Phi) is 5.36. The van der Waals surface area contributed by atoms with Crippen LogP contribution in [-0.2, 0) is 10.0 Å². The fourth-order valence-electron chi connectivity index (χ4n) is 2.50. The summed E-state index contributed by atoms with van der Waals surface area (Å²) in [5, 5.41) is 2.67. The van der Waals surface area contributed by atoms with E-state index in [-0.39, 0.29) is 16.3 Å². The van der Waals surface area contributed by atoms with Gasteiger partial charge < -0.3 is 14.5 Å². The van der Waals surface area contributed by atoms with E-state index in [1.54, 1.807) is 13.0 Å². The number of hydrogen-bond acceptors (Lipinski definition) is 5. The maximum atomic E-state index is 13.1. The number of ether oxygens (including phenoxy) is 1. The molecular weight excluding hydrogens is 387 g/mol. The van der Waals surface area contributed by atoms with Crippen molar-refractivity contribution in [1.29, 1.82) is 0 Å². The fourth-order valence-corrected chi connectivity index (χ4v) is 3.56. The van der Waals surface area contributed by atoms with Gasteiger partial charge in [0, 0.05) is 5.69 Å². The molecule has 2 aromatic carbocycles. The highest BCUT2D eigenvalue weighted by Crippen LogP contribution is 2.30. The Morgan fingerprint density at radius 1 is 1.11 bits per heavy atom. The molecule has 0 saturated carbocycles. The number of carbonyl (C=O) groups is 1. The maximum absolute atomic E-state index is 13.1. The molecule has 0 atom stereocenters. The molecule has 2 N–H and O–H groups in total. The molecule has 0 saturated heterocycles. The van der Waals surface area contributed by atoms with Crippen LogP contribution in [0.25, 0.3) is 0 Å². The second-order valence-corrected chi connectivity index (χ2v) is 7.50. The Morgan fingerprint density at radius 2 is 1.82 bits per heavy atom. The lowest BCUT2D eigenvalue weighted by molar-refractivity contribution is 0.102. The zero-order chi connectivity index (χ0) is 20.3. The molecule has 0 aliphatic rings. The van der Waals surface area contributed by atoms with E-state index in [1.165, 1.54) is 31.6 Å². The average Bonchev–Trinajstić information content (AvgIpc) is 3.08. The van der Waals surface area contributed by atoms with Gasteiger partial charge in [-0.3, -0.25) is 9.52 Å². The maximum Gasteiger partial charge on any atom is 0.262 e. The van der Waals surface area contributed by atoms with Crippen LogP contribution in [0.4, 0.5) is 15.8 Å². The average molecular weight is 404 g/mol. The molecule has 0 fully saturated rings. The standard InChI is InChI=1S/C19H17FN2O5S/c1-12-16(9-10-27-12)19(23)21-14-5-8-18(26-2)17(11-14)22-28(24,25)15-6-3-13(20)4-7-15/h3-11,22H,1-2H3,(H,21,23). The molecule has 3 rings (SSSR count). The number of anilines is 2. The highest BCUT2D eigenvalue weighted by molar-refractivity contribution is 7.92. The van der Waals surface area contributed by atoms with Crippen LogP contribution < -0.4 is 14.8 Å². The van der Waals surface area contributed by atoms with Crippen molar-refractivity contribution in [3.8, 4) is 5.75 Å². The predicted octanol–water partition coefficient (Wildman–Crippen LogP) is 3.79. The summed E-state index contributed by atoms with van der Waals surface area (Å²) in [6, 6.07) is 10.4. The van der Waals surface area contributed by atoms with Crippen molar-refractivity contribution in [2.24, 2.45) is 0 Å². The van der Waals surface area contributed by atoms with Crippen molar-refractivity contribution in [2.75, 3.05) is 17.1 Å². The van der Waals surface area contributed by atoms with Gasteiger partial charge in [0.15, 0.2) is 0 Å². The lowest BCUT2D eigenvalue weighted by atomic mass is 10.2. The van der Waals surface area contributed by atoms with E-state index in [0.717, 1.165) is 24.3 Å². The number of hydrogen-bond donors (Lipinski definition) is 2. The quantitative estimate of drug-likeness (QED) is 0.651. The van der Waals surface area contributed by atoms with Crippen molar-refractivity contribution in [3.63, 3.8) is 0 Å². The van der Waals surface area contributed by atoms with Crippen LogP contribution in [0.1, 0.15) is 16.1 Å². The molecule has 0 spiro atoms. The highest BCUT2D eigenvalue weighted by atomic mass is 32.2. The third kappa shape index (κ3) is 4.15. The fraction of sp³-hybridized carbons (Fsp3) is 0.105. The molecule has 1 aromatic heterocycles. The van der Waals surface area contributed by atoms with Crippen LogP contribution in [-0.4, -0.2) is 21.4 Å². The number of carbonyl (C=O) groups excluding carboxylic acids is 1. The van der Waals surface area contributed by atoms with Gasteiger partial charge in [-0.15, -0.1) is 0 Å². The van der Waals surface area contributed by atoms with E-state index in [9.17, 15) is 17.6 Å². The molecule has 0 unspecified atom stereocenters. The Bertz CT molecular complexity index is 1110. The monoisotopic (exact) mass is 404 g/mol. The van der Waals surface area contributed by atoms with Gasteiger partial charge in [-0.25, -0.2) is 12.8 Å². The minimum Gasteiger partial charge on any atom is -0.495 e. The molecule has 28 heavy (non-hydrogen) atoms. The van der Waals surface area contributed by atoms with E-state index in [0.29, 0.717) is 17.0 Å². The van der Waals surface area contributed by atoms with Gasteiger partial charge in [-0.1, -0.05) is 0 Å². The van der Waals surface area contributed by atoms with Crippen LogP contribution in [0.3, 0.4) is 0 Å². The third-order valence-corrected chi connectivity index (χ3v) is 5.31. The van der Waals surface area contributed by atoms with Gasteiger partial charge in [-0.2, -0.15) is 0 Å². The molecule has 1 amide bonds. The smallest absolute Gasteiger partial charge is 0.262 e. The van der Waals surface area contributed by atoms with Crippen molar-refractivity contribution in [3.05, 3.63) is 71.9 Å². The minimum atomic E-state index is -3.98. The Labute approximate surface area is 161 Å². The molecule has 7 nitrogen and oxygen atoms in total. The number of furan rings is 1. The van der Waals surface area contributed by atoms with Crippen LogP contribution in [0.2, 0.25) is 0 Å². The normalized spacial score (nSPS) is 11.1. The van der Waals surface area contributed by atoms with Gasteiger partial charge >= 0.3 is 0 Å². The summed E-state index contributed by atoms with van der Waals surface area (Å²) in [5.41, 5.74) is 0.834. The van der Waals surface area contributed by atoms with E-state index in [2.05, 4.69) is 10.0 Å². The van der Waals surface area contributed by atoms with Crippen LogP contribution in [0.15, 0.2) is 64.1 Å². The SMILES string of the molecule is COc1ccc(NC(=O)c2ccoc2C)cc1NS(=O)(=O)c1ccc(F)cc1. The van der Waals surface area contributed by atoms with Gasteiger partial charge in [0.05, 0.1) is 29.5 Å². The first kappa shape index (κ1) is 19.4. The molecular formula is C19H17FN2O5S. The number of halogens is 1. The summed E-state index contributed by atoms with van der Waals surface area (Å²) in [6.07, 6.45) is 1.40. The van der Waals surface area contributed by atoms with Crippen LogP contribution >= 0.6 is 0 Å². The molecule has 9 heteroatoms. The summed E-state index contributed by atoms with van der Waals surface area (Å²) in [4.78, 5) is 12.2. The largest absolute Gasteiger partial charge is 0.495 e. The van der Waals surface area contributed by atoms with Crippen LogP contribution in [0, 0.1) is 12.7 Å². The number of rotatable bonds is 6. The zero-order valence-electron chi connectivity index (χ0n) is 15.0. The molecule has 146 valence electrons. The Balaban J connectivity index is 1.88. The molecule has 0 aliphatic heterocycles. The van der Waals surface area contributed by atoms with Gasteiger partial charge in [0.2, 0.25) is 0 Å². The third-order valence-electron chi connectivity index (χ3n) is 3.93. The number of methoxy groups -OCH3 is 1. The second-order valence-electron chi connectivity index (χ2n) is 5.82. The summed E-state index contributed by atoms with van der Waals surface area (Å²) < 4.78 is 50.9. The van der Waals surface area contributed by atoms with Crippen molar-refractivity contribution in [1.82, 2.24) is 0 Å². The highest BCUT2D eigenvalue weighted by Gasteiger charge is 2.18. The summed E-state index contributed by atoms with van der Waals surface area (Å²) >= 11 is 0. The van der Waals surface area contributed by atoms with E-state index < -0.39 is 21.7 Å². The number of benzene rings is 2. The molecule has 0 bridgehead atoms. The number of aryl methyl sites for hydroxylation is 1. The van der Waals surface area contributed by atoms with Crippen molar-refractivity contribution < 1.29 is 26.8 Å². The van der Waals surface area contributed by atoms with Gasteiger partial charge in [0.25, 0.3) is 15.9 Å². The topological polar surface area (TPSA) is 97.6 Å². The number of nitrogens with one attached hydrogen (secondary N) is 2. The van der Waals surface area contributed by atoms with E-state index >= 15 is 0 Å². The number of amides is 1. The second kappa shape index (κ2) is 7.73. The first-order valence-corrected chi connectivity index (χ1v) is 9.60. The van der Waals surface area contributed by atoms with Crippen molar-refractivity contribution >= 4 is 27.3 Å². The Morgan fingerprint density at radius 3 is 2.43 bits per heavy atom. The van der Waals surface area contributed by atoms with E-state index in [1.807, 2.05) is 0 Å². The zero-order valence-corrected chi connectivity index (χ0v) is 15.8. The first-order chi connectivity index (χ1) is 13.3. The molecule has 1 heterocycles. The van der Waals surface area contributed by atoms with Crippen molar-refractivity contribution in [2.45, 2.75) is 11.8 Å². The van der Waals surface area contributed by atoms with E-state index in [4.69, 9.17) is 9.15 Å². The summed E-state index contributed by atoms with van der Waals surface area (Å²) in [5.74, 6) is -0.231. The lowest BCUT2D eigenvalue weighted by Crippen LogP contribution is -2.15. The molecule has 0 radical (unpaired) electrons. The van der Waals surface area contributed by atoms with Gasteiger partial charge in [0.1, 0.15) is 17.3 Å². The number of sulfonamides is 1. The lowest BCUT2D eigenvalue weighted by Gasteiger charge is -2.14. The summed E-state index contributed by atoms with van der Waals surface area (Å²) in [7, 11) is -2.60. The Hall–Kier alpha value is -3.33. The van der Waals surface area contributed by atoms with Crippen LogP contribution in [0.5, 0.6) is 5.75 Å². The minimum absolute atomic E-state index is 0.112.